The summed E-state index contributed by atoms with van der Waals surface area (Å²) in [6.07, 6.45) is 0. The van der Waals surface area contributed by atoms with E-state index in [4.69, 9.17) is 16.9 Å². The minimum Gasteiger partial charge on any atom is -0.505 e. The molecular formula is C24H14ClFN2O5S. The summed E-state index contributed by atoms with van der Waals surface area (Å²) >= 11 is 5.75. The lowest BCUT2D eigenvalue weighted by Crippen LogP contribution is -2.42. The molecule has 0 saturated carbocycles. The molecule has 0 unspecified atom stereocenters. The number of hydrogen-bond donors (Lipinski definition) is 1. The number of aliphatic hydroxyl groups excluding tert-OH is 1. The van der Waals surface area contributed by atoms with Crippen molar-refractivity contribution in [3.63, 3.8) is 0 Å². The molecule has 3 aromatic rings. The zero-order valence-electron chi connectivity index (χ0n) is 17.2. The maximum absolute atomic E-state index is 13.5. The summed E-state index contributed by atoms with van der Waals surface area (Å²) in [6, 6.07) is 16.0. The van der Waals surface area contributed by atoms with Crippen molar-refractivity contribution in [2.45, 2.75) is 4.90 Å². The Morgan fingerprint density at radius 3 is 2.35 bits per heavy atom. The van der Waals surface area contributed by atoms with Crippen LogP contribution in [0.1, 0.15) is 31.8 Å². The number of fused-ring (bicyclic) bond motifs is 1. The van der Waals surface area contributed by atoms with Gasteiger partial charge in [0.2, 0.25) is 5.78 Å². The summed E-state index contributed by atoms with van der Waals surface area (Å²) in [5, 5.41) is 19.6. The number of sulfonamides is 1. The number of carbonyl (C=O) groups is 2. The van der Waals surface area contributed by atoms with E-state index in [1.165, 1.54) is 48.5 Å². The van der Waals surface area contributed by atoms with Crippen LogP contribution in [0.25, 0.3) is 5.76 Å². The standard InChI is InChI=1S/C24H14ClFN2O5S/c25-18-11-16(9-10-19(18)26)20(29)13-28-22(23(30)15-7-5-14(12-27)6-8-15)24(31)17-3-1-2-4-21(17)34(28,32)33/h1-11,30H,13H2/b23-22+. The van der Waals surface area contributed by atoms with Gasteiger partial charge in [0.05, 0.1) is 28.1 Å². The number of nitriles is 1. The van der Waals surface area contributed by atoms with Crippen molar-refractivity contribution >= 4 is 38.9 Å². The number of hydrogen-bond acceptors (Lipinski definition) is 6. The van der Waals surface area contributed by atoms with Gasteiger partial charge in [0.25, 0.3) is 10.0 Å². The van der Waals surface area contributed by atoms with Crippen molar-refractivity contribution in [3.8, 4) is 6.07 Å². The van der Waals surface area contributed by atoms with E-state index in [0.717, 1.165) is 18.2 Å². The number of carbonyl (C=O) groups excluding carboxylic acids is 2. The normalized spacial score (nSPS) is 15.9. The van der Waals surface area contributed by atoms with Gasteiger partial charge in [-0.15, -0.1) is 0 Å². The van der Waals surface area contributed by atoms with E-state index in [1.54, 1.807) is 0 Å². The molecule has 0 aromatic heterocycles. The summed E-state index contributed by atoms with van der Waals surface area (Å²) in [5.74, 6) is -3.02. The van der Waals surface area contributed by atoms with Gasteiger partial charge in [-0.1, -0.05) is 23.7 Å². The van der Waals surface area contributed by atoms with E-state index >= 15 is 0 Å². The van der Waals surface area contributed by atoms with Crippen LogP contribution >= 0.6 is 11.6 Å². The first-order valence-electron chi connectivity index (χ1n) is 9.73. The Labute approximate surface area is 199 Å². The van der Waals surface area contributed by atoms with Crippen LogP contribution in [-0.4, -0.2) is 35.9 Å². The highest BCUT2D eigenvalue weighted by atomic mass is 35.5. The molecule has 0 aliphatic carbocycles. The molecule has 3 aromatic carbocycles. The summed E-state index contributed by atoms with van der Waals surface area (Å²) in [4.78, 5) is 25.9. The number of halogens is 2. The molecular weight excluding hydrogens is 483 g/mol. The fraction of sp³-hybridized carbons (Fsp3) is 0.0417. The Balaban J connectivity index is 1.89. The van der Waals surface area contributed by atoms with Crippen LogP contribution in [0.5, 0.6) is 0 Å². The van der Waals surface area contributed by atoms with Gasteiger partial charge in [0.15, 0.2) is 11.5 Å². The summed E-state index contributed by atoms with van der Waals surface area (Å²) in [5.41, 5.74) is -0.504. The quantitative estimate of drug-likeness (QED) is 0.326. The Morgan fingerprint density at radius 2 is 1.71 bits per heavy atom. The first-order valence-corrected chi connectivity index (χ1v) is 11.6. The molecule has 0 bridgehead atoms. The summed E-state index contributed by atoms with van der Waals surface area (Å²) in [6.45, 7) is -0.847. The fourth-order valence-electron chi connectivity index (χ4n) is 3.48. The molecule has 1 aliphatic rings. The van der Waals surface area contributed by atoms with Crippen molar-refractivity contribution in [1.82, 2.24) is 4.31 Å². The minimum absolute atomic E-state index is 0.0687. The van der Waals surface area contributed by atoms with E-state index in [-0.39, 0.29) is 32.2 Å². The first kappa shape index (κ1) is 23.2. The van der Waals surface area contributed by atoms with E-state index < -0.39 is 45.4 Å². The second-order valence-corrected chi connectivity index (χ2v) is 9.51. The fourth-order valence-corrected chi connectivity index (χ4v) is 5.28. The predicted molar refractivity (Wildman–Crippen MR) is 121 cm³/mol. The molecule has 0 spiro atoms. The Hall–Kier alpha value is -4.00. The number of Topliss-reactive ketones (excluding diaryl/α,β-unsaturated/α-hetero) is 2. The molecule has 1 aliphatic heterocycles. The van der Waals surface area contributed by atoms with Gasteiger partial charge >= 0.3 is 0 Å². The van der Waals surface area contributed by atoms with E-state index in [9.17, 15) is 27.5 Å². The largest absolute Gasteiger partial charge is 0.505 e. The number of benzene rings is 3. The number of rotatable bonds is 4. The van der Waals surface area contributed by atoms with Gasteiger partial charge in [0.1, 0.15) is 11.5 Å². The maximum Gasteiger partial charge on any atom is 0.265 e. The number of ketones is 2. The lowest BCUT2D eigenvalue weighted by molar-refractivity contribution is 0.0952. The monoisotopic (exact) mass is 496 g/mol. The van der Waals surface area contributed by atoms with Crippen LogP contribution < -0.4 is 0 Å². The Kier molecular flexibility index (Phi) is 5.96. The third kappa shape index (κ3) is 3.94. The van der Waals surface area contributed by atoms with Crippen molar-refractivity contribution in [2.24, 2.45) is 0 Å². The summed E-state index contributed by atoms with van der Waals surface area (Å²) < 4.78 is 40.9. The highest BCUT2D eigenvalue weighted by Gasteiger charge is 2.42. The minimum atomic E-state index is -4.44. The third-order valence-corrected chi connectivity index (χ3v) is 7.30. The SMILES string of the molecule is N#Cc1ccc(/C(O)=C2/C(=O)c3ccccc3S(=O)(=O)N2CC(=O)c2ccc(F)c(Cl)c2)cc1. The molecule has 4 rings (SSSR count). The van der Waals surface area contributed by atoms with Gasteiger partial charge in [0, 0.05) is 16.7 Å². The second kappa shape index (κ2) is 8.74. The van der Waals surface area contributed by atoms with Crippen LogP contribution in [0.3, 0.4) is 0 Å². The van der Waals surface area contributed by atoms with Gasteiger partial charge in [-0.3, -0.25) is 13.9 Å². The lowest BCUT2D eigenvalue weighted by atomic mass is 10.0. The van der Waals surface area contributed by atoms with E-state index in [0.29, 0.717) is 4.31 Å². The van der Waals surface area contributed by atoms with Gasteiger partial charge in [-0.2, -0.15) is 5.26 Å². The van der Waals surface area contributed by atoms with Gasteiger partial charge in [-0.05, 0) is 54.6 Å². The zero-order valence-corrected chi connectivity index (χ0v) is 18.8. The molecule has 34 heavy (non-hydrogen) atoms. The van der Waals surface area contributed by atoms with Crippen molar-refractivity contribution in [1.29, 1.82) is 5.26 Å². The predicted octanol–water partition coefficient (Wildman–Crippen LogP) is 4.35. The number of nitrogens with zero attached hydrogens (tertiary/aromatic N) is 2. The Bertz CT molecular complexity index is 1530. The maximum atomic E-state index is 13.5. The van der Waals surface area contributed by atoms with Crippen LogP contribution in [-0.2, 0) is 10.0 Å². The third-order valence-electron chi connectivity index (χ3n) is 5.20. The average molecular weight is 497 g/mol. The number of aliphatic hydroxyl groups is 1. The molecule has 1 heterocycles. The molecule has 170 valence electrons. The zero-order chi connectivity index (χ0) is 24.6. The smallest absolute Gasteiger partial charge is 0.265 e. The van der Waals surface area contributed by atoms with E-state index in [1.807, 2.05) is 6.07 Å². The van der Waals surface area contributed by atoms with Crippen molar-refractivity contribution < 1.29 is 27.5 Å². The highest BCUT2D eigenvalue weighted by Crippen LogP contribution is 2.35. The first-order chi connectivity index (χ1) is 16.1. The average Bonchev–Trinajstić information content (AvgIpc) is 2.84. The molecule has 0 amide bonds. The van der Waals surface area contributed by atoms with E-state index in [2.05, 4.69) is 0 Å². The van der Waals surface area contributed by atoms with Gasteiger partial charge < -0.3 is 5.11 Å². The molecule has 0 saturated heterocycles. The molecule has 0 atom stereocenters. The summed E-state index contributed by atoms with van der Waals surface area (Å²) in [7, 11) is -4.44. The Morgan fingerprint density at radius 1 is 1.06 bits per heavy atom. The lowest BCUT2D eigenvalue weighted by Gasteiger charge is -2.31. The topological polar surface area (TPSA) is 116 Å². The van der Waals surface area contributed by atoms with Crippen LogP contribution in [0, 0.1) is 17.1 Å². The highest BCUT2D eigenvalue weighted by molar-refractivity contribution is 7.89. The second-order valence-electron chi connectivity index (χ2n) is 7.28. The van der Waals surface area contributed by atoms with Crippen molar-refractivity contribution in [3.05, 3.63) is 106 Å². The van der Waals surface area contributed by atoms with Crippen molar-refractivity contribution in [2.75, 3.05) is 6.54 Å². The van der Waals surface area contributed by atoms with Crippen LogP contribution in [0.15, 0.2) is 77.3 Å². The molecule has 1 N–H and O–H groups in total. The molecule has 7 nitrogen and oxygen atoms in total. The van der Waals surface area contributed by atoms with Gasteiger partial charge in [-0.25, -0.2) is 12.8 Å². The molecule has 0 fully saturated rings. The van der Waals surface area contributed by atoms with Crippen LogP contribution in [0.2, 0.25) is 5.02 Å². The number of allylic oxidation sites excluding steroid dienone is 1. The molecule has 10 heteroatoms. The molecule has 0 radical (unpaired) electrons. The van der Waals surface area contributed by atoms with Crippen LogP contribution in [0.4, 0.5) is 4.39 Å².